The second kappa shape index (κ2) is 5.09. The number of hydrogen-bond donors (Lipinski definition) is 2. The summed E-state index contributed by atoms with van der Waals surface area (Å²) in [5, 5.41) is 5.98. The van der Waals surface area contributed by atoms with Crippen molar-refractivity contribution in [2.24, 2.45) is 0 Å². The average molecular weight is 266 g/mol. The first kappa shape index (κ1) is 12.3. The van der Waals surface area contributed by atoms with Crippen LogP contribution in [0.5, 0.6) is 5.75 Å². The Hall–Kier alpha value is -2.75. The molecule has 0 atom stereocenters. The molecule has 100 valence electrons. The van der Waals surface area contributed by atoms with Crippen LogP contribution in [0.15, 0.2) is 66.1 Å². The highest BCUT2D eigenvalue weighted by Gasteiger charge is 2.22. The van der Waals surface area contributed by atoms with Crippen molar-refractivity contribution < 1.29 is 9.53 Å². The molecular weight excluding hydrogens is 252 g/mol. The number of nitrogens with one attached hydrogen (secondary N) is 2. The van der Waals surface area contributed by atoms with Gasteiger partial charge in [0.1, 0.15) is 0 Å². The summed E-state index contributed by atoms with van der Waals surface area (Å²) in [6.45, 7) is 1.82. The van der Waals surface area contributed by atoms with Gasteiger partial charge in [0.05, 0.1) is 11.4 Å². The molecule has 0 aliphatic carbocycles. The largest absolute Gasteiger partial charge is 0.448 e. The van der Waals surface area contributed by atoms with Gasteiger partial charge in [0, 0.05) is 5.69 Å². The number of hydrogen-bond acceptors (Lipinski definition) is 3. The Kier molecular flexibility index (Phi) is 3.13. The van der Waals surface area contributed by atoms with Crippen molar-refractivity contribution >= 4 is 17.3 Å². The van der Waals surface area contributed by atoms with Crippen LogP contribution in [0.2, 0.25) is 0 Å². The number of carbonyl (C=O) groups is 1. The topological polar surface area (TPSA) is 50.4 Å². The van der Waals surface area contributed by atoms with Crippen molar-refractivity contribution in [3.8, 4) is 5.75 Å². The van der Waals surface area contributed by atoms with E-state index in [1.54, 1.807) is 0 Å². The molecule has 1 amide bonds. The summed E-state index contributed by atoms with van der Waals surface area (Å²) < 4.78 is 5.68. The summed E-state index contributed by atoms with van der Waals surface area (Å²) in [5.41, 5.74) is 2.29. The minimum Gasteiger partial charge on any atom is -0.448 e. The Morgan fingerprint density at radius 1 is 1.05 bits per heavy atom. The number of amides is 1. The molecule has 0 fully saturated rings. The van der Waals surface area contributed by atoms with Gasteiger partial charge in [-0.3, -0.25) is 4.79 Å². The summed E-state index contributed by atoms with van der Waals surface area (Å²) in [6.07, 6.45) is 0. The maximum Gasteiger partial charge on any atom is 0.293 e. The first-order valence-electron chi connectivity index (χ1n) is 6.35. The summed E-state index contributed by atoms with van der Waals surface area (Å²) in [7, 11) is 0. The summed E-state index contributed by atoms with van der Waals surface area (Å²) in [4.78, 5) is 12.3. The monoisotopic (exact) mass is 266 g/mol. The Morgan fingerprint density at radius 2 is 1.75 bits per heavy atom. The highest BCUT2D eigenvalue weighted by molar-refractivity contribution is 6.03. The quantitative estimate of drug-likeness (QED) is 0.876. The number of para-hydroxylation sites is 3. The molecule has 0 aromatic heterocycles. The van der Waals surface area contributed by atoms with Crippen molar-refractivity contribution in [1.29, 1.82) is 0 Å². The van der Waals surface area contributed by atoms with Crippen LogP contribution >= 0.6 is 0 Å². The van der Waals surface area contributed by atoms with Crippen LogP contribution in [0.1, 0.15) is 6.92 Å². The van der Waals surface area contributed by atoms with Gasteiger partial charge in [0.15, 0.2) is 5.75 Å². The van der Waals surface area contributed by atoms with Crippen LogP contribution in [-0.4, -0.2) is 5.91 Å². The number of fused-ring (bicyclic) bond motifs is 1. The van der Waals surface area contributed by atoms with E-state index in [0.29, 0.717) is 11.4 Å². The maximum absolute atomic E-state index is 12.3. The van der Waals surface area contributed by atoms with Crippen LogP contribution in [0.3, 0.4) is 0 Å². The predicted octanol–water partition coefficient (Wildman–Crippen LogP) is 3.36. The molecule has 4 heteroatoms. The second-order valence-corrected chi connectivity index (χ2v) is 4.50. The van der Waals surface area contributed by atoms with Crippen LogP contribution in [0, 0.1) is 0 Å². The molecule has 4 nitrogen and oxygen atoms in total. The van der Waals surface area contributed by atoms with E-state index in [-0.39, 0.29) is 11.7 Å². The van der Waals surface area contributed by atoms with Crippen molar-refractivity contribution in [1.82, 2.24) is 0 Å². The fourth-order valence-electron chi connectivity index (χ4n) is 2.03. The van der Waals surface area contributed by atoms with E-state index >= 15 is 0 Å². The van der Waals surface area contributed by atoms with Crippen molar-refractivity contribution in [2.45, 2.75) is 6.92 Å². The van der Waals surface area contributed by atoms with E-state index in [4.69, 9.17) is 4.74 Å². The third-order valence-corrected chi connectivity index (χ3v) is 3.00. The number of rotatable bonds is 2. The van der Waals surface area contributed by atoms with Gasteiger partial charge >= 0.3 is 0 Å². The van der Waals surface area contributed by atoms with Gasteiger partial charge in [-0.05, 0) is 31.2 Å². The first-order valence-corrected chi connectivity index (χ1v) is 6.35. The highest BCUT2D eigenvalue weighted by Crippen LogP contribution is 2.32. The number of carbonyl (C=O) groups excluding carboxylic acids is 1. The van der Waals surface area contributed by atoms with E-state index in [9.17, 15) is 4.79 Å². The van der Waals surface area contributed by atoms with E-state index in [2.05, 4.69) is 10.6 Å². The Morgan fingerprint density at radius 3 is 2.55 bits per heavy atom. The van der Waals surface area contributed by atoms with Gasteiger partial charge in [-0.25, -0.2) is 0 Å². The Labute approximate surface area is 117 Å². The molecule has 1 aliphatic rings. The highest BCUT2D eigenvalue weighted by atomic mass is 16.5. The molecule has 20 heavy (non-hydrogen) atoms. The zero-order chi connectivity index (χ0) is 13.9. The maximum atomic E-state index is 12.3. The predicted molar refractivity (Wildman–Crippen MR) is 78.5 cm³/mol. The Bertz CT molecular complexity index is 678. The summed E-state index contributed by atoms with van der Waals surface area (Å²) in [6, 6.07) is 16.8. The molecule has 2 aromatic carbocycles. The van der Waals surface area contributed by atoms with Crippen LogP contribution in [-0.2, 0) is 4.79 Å². The molecule has 0 bridgehead atoms. The lowest BCUT2D eigenvalue weighted by Crippen LogP contribution is -2.24. The number of allylic oxidation sites excluding steroid dienone is 1. The smallest absolute Gasteiger partial charge is 0.293 e. The first-order chi connectivity index (χ1) is 9.74. The van der Waals surface area contributed by atoms with Gasteiger partial charge < -0.3 is 15.4 Å². The molecule has 0 spiro atoms. The van der Waals surface area contributed by atoms with E-state index in [0.717, 1.165) is 11.4 Å². The van der Waals surface area contributed by atoms with E-state index in [1.165, 1.54) is 0 Å². The molecule has 1 heterocycles. The molecule has 2 aromatic rings. The van der Waals surface area contributed by atoms with Gasteiger partial charge in [-0.1, -0.05) is 30.3 Å². The summed E-state index contributed by atoms with van der Waals surface area (Å²) >= 11 is 0. The zero-order valence-corrected chi connectivity index (χ0v) is 11.0. The standard InChI is InChI=1S/C16H14N2O2/c1-11-15(16(19)18-12-7-3-2-4-8-12)20-14-10-6-5-9-13(14)17-11/h2-10,17H,1H3,(H,18,19). The third kappa shape index (κ3) is 2.36. The van der Waals surface area contributed by atoms with Gasteiger partial charge in [0.2, 0.25) is 5.76 Å². The zero-order valence-electron chi connectivity index (χ0n) is 11.0. The van der Waals surface area contributed by atoms with Crippen molar-refractivity contribution in [2.75, 3.05) is 10.6 Å². The molecule has 0 saturated carbocycles. The lowest BCUT2D eigenvalue weighted by atomic mass is 10.2. The van der Waals surface area contributed by atoms with Crippen LogP contribution in [0.4, 0.5) is 11.4 Å². The van der Waals surface area contributed by atoms with Crippen LogP contribution in [0.25, 0.3) is 0 Å². The average Bonchev–Trinajstić information content (AvgIpc) is 2.47. The number of ether oxygens (including phenoxy) is 1. The molecular formula is C16H14N2O2. The van der Waals surface area contributed by atoms with Gasteiger partial charge in [-0.2, -0.15) is 0 Å². The Balaban J connectivity index is 1.82. The second-order valence-electron chi connectivity index (χ2n) is 4.50. The SMILES string of the molecule is CC1=C(C(=O)Nc2ccccc2)Oc2ccccc2N1. The van der Waals surface area contributed by atoms with Gasteiger partial charge in [0.25, 0.3) is 5.91 Å². The fraction of sp³-hybridized carbons (Fsp3) is 0.0625. The molecule has 0 unspecified atom stereocenters. The normalized spacial score (nSPS) is 13.1. The molecule has 3 rings (SSSR count). The lowest BCUT2D eigenvalue weighted by molar-refractivity contribution is -0.114. The van der Waals surface area contributed by atoms with Gasteiger partial charge in [-0.15, -0.1) is 0 Å². The summed E-state index contributed by atoms with van der Waals surface area (Å²) in [5.74, 6) is 0.666. The fourth-order valence-corrected chi connectivity index (χ4v) is 2.03. The third-order valence-electron chi connectivity index (χ3n) is 3.00. The minimum absolute atomic E-state index is 0.268. The number of benzene rings is 2. The lowest BCUT2D eigenvalue weighted by Gasteiger charge is -2.22. The van der Waals surface area contributed by atoms with Crippen molar-refractivity contribution in [3.05, 3.63) is 66.1 Å². The molecule has 1 aliphatic heterocycles. The van der Waals surface area contributed by atoms with Crippen LogP contribution < -0.4 is 15.4 Å². The van der Waals surface area contributed by atoms with Crippen molar-refractivity contribution in [3.63, 3.8) is 0 Å². The minimum atomic E-state index is -0.268. The van der Waals surface area contributed by atoms with E-state index in [1.807, 2.05) is 61.5 Å². The number of anilines is 2. The molecule has 2 N–H and O–H groups in total. The molecule has 0 saturated heterocycles. The molecule has 0 radical (unpaired) electrons. The van der Waals surface area contributed by atoms with E-state index < -0.39 is 0 Å².